The summed E-state index contributed by atoms with van der Waals surface area (Å²) < 4.78 is 5.92. The van der Waals surface area contributed by atoms with E-state index < -0.39 is 11.5 Å². The van der Waals surface area contributed by atoms with E-state index in [1.165, 1.54) is 22.7 Å². The summed E-state index contributed by atoms with van der Waals surface area (Å²) in [7, 11) is 0. The van der Waals surface area contributed by atoms with Crippen LogP contribution in [-0.4, -0.2) is 40.7 Å². The summed E-state index contributed by atoms with van der Waals surface area (Å²) in [4.78, 5) is 28.6. The van der Waals surface area contributed by atoms with Crippen molar-refractivity contribution >= 4 is 46.2 Å². The second kappa shape index (κ2) is 6.56. The van der Waals surface area contributed by atoms with E-state index in [0.29, 0.717) is 22.4 Å². The lowest BCUT2D eigenvalue weighted by atomic mass is 9.94. The molecule has 2 aromatic rings. The summed E-state index contributed by atoms with van der Waals surface area (Å²) in [6.07, 6.45) is 0.304. The fourth-order valence-electron chi connectivity index (χ4n) is 2.40. The number of amides is 1. The molecular formula is C14H13ClN2O4S2. The van der Waals surface area contributed by atoms with Crippen LogP contribution < -0.4 is 5.32 Å². The van der Waals surface area contributed by atoms with Crippen LogP contribution in [0.2, 0.25) is 4.34 Å². The van der Waals surface area contributed by atoms with Gasteiger partial charge in [-0.1, -0.05) is 11.6 Å². The Bertz CT molecular complexity index is 737. The maximum Gasteiger partial charge on any atom is 0.305 e. The number of thiazole rings is 1. The van der Waals surface area contributed by atoms with Crippen molar-refractivity contribution in [1.29, 1.82) is 0 Å². The summed E-state index contributed by atoms with van der Waals surface area (Å²) >= 11 is 8.64. The van der Waals surface area contributed by atoms with E-state index in [9.17, 15) is 9.59 Å². The average molecular weight is 373 g/mol. The molecule has 9 heteroatoms. The van der Waals surface area contributed by atoms with Crippen LogP contribution >= 0.6 is 34.3 Å². The minimum atomic E-state index is -0.969. The molecule has 0 spiro atoms. The van der Waals surface area contributed by atoms with E-state index in [4.69, 9.17) is 21.4 Å². The number of carbonyl (C=O) groups excluding carboxylic acids is 1. The Labute approximate surface area is 145 Å². The maximum atomic E-state index is 12.4. The molecule has 3 rings (SSSR count). The SMILES string of the molecule is O=C(O)CC1(NC(=O)c2csc(-c3ccc(Cl)s3)n2)CCOC1. The summed E-state index contributed by atoms with van der Waals surface area (Å²) in [6, 6.07) is 3.63. The molecule has 0 radical (unpaired) electrons. The molecular weight excluding hydrogens is 360 g/mol. The van der Waals surface area contributed by atoms with Crippen molar-refractivity contribution in [3.63, 3.8) is 0 Å². The van der Waals surface area contributed by atoms with E-state index in [0.717, 1.165) is 4.88 Å². The molecule has 2 aromatic heterocycles. The highest BCUT2D eigenvalue weighted by molar-refractivity contribution is 7.23. The second-order valence-corrected chi connectivity index (χ2v) is 7.82. The molecule has 1 aliphatic rings. The number of thiophene rings is 1. The van der Waals surface area contributed by atoms with E-state index in [-0.39, 0.29) is 24.6 Å². The molecule has 6 nitrogen and oxygen atoms in total. The van der Waals surface area contributed by atoms with Crippen molar-refractivity contribution in [2.24, 2.45) is 0 Å². The number of aromatic nitrogens is 1. The standard InChI is InChI=1S/C14H13ClN2O4S2/c15-10-2-1-9(23-10)13-16-8(6-22-13)12(20)17-14(5-11(18)19)3-4-21-7-14/h1-2,6H,3-5,7H2,(H,17,20)(H,18,19). The topological polar surface area (TPSA) is 88.5 Å². The second-order valence-electron chi connectivity index (χ2n) is 5.25. The number of carboxylic acid groups (broad SMARTS) is 1. The summed E-state index contributed by atoms with van der Waals surface area (Å²) in [6.45, 7) is 0.631. The quantitative estimate of drug-likeness (QED) is 0.842. The number of nitrogens with zero attached hydrogens (tertiary/aromatic N) is 1. The Morgan fingerprint density at radius 3 is 2.91 bits per heavy atom. The summed E-state index contributed by atoms with van der Waals surface area (Å²) in [5.74, 6) is -1.36. The zero-order valence-corrected chi connectivity index (χ0v) is 14.3. The van der Waals surface area contributed by atoms with Crippen molar-refractivity contribution in [2.75, 3.05) is 13.2 Å². The van der Waals surface area contributed by atoms with E-state index in [1.807, 2.05) is 6.07 Å². The Hall–Kier alpha value is -1.48. The van der Waals surface area contributed by atoms with Crippen molar-refractivity contribution < 1.29 is 19.4 Å². The molecule has 0 aromatic carbocycles. The van der Waals surface area contributed by atoms with Gasteiger partial charge in [0.1, 0.15) is 10.7 Å². The highest BCUT2D eigenvalue weighted by Crippen LogP contribution is 2.33. The van der Waals surface area contributed by atoms with Gasteiger partial charge in [0.2, 0.25) is 0 Å². The van der Waals surface area contributed by atoms with E-state index in [1.54, 1.807) is 11.4 Å². The van der Waals surface area contributed by atoms with Gasteiger partial charge in [-0.3, -0.25) is 9.59 Å². The Morgan fingerprint density at radius 1 is 1.48 bits per heavy atom. The highest BCUT2D eigenvalue weighted by Gasteiger charge is 2.39. The van der Waals surface area contributed by atoms with Crippen LogP contribution in [0.5, 0.6) is 0 Å². The first-order chi connectivity index (χ1) is 11.0. The van der Waals surface area contributed by atoms with Gasteiger partial charge >= 0.3 is 5.97 Å². The lowest BCUT2D eigenvalue weighted by molar-refractivity contribution is -0.138. The third-order valence-corrected chi connectivity index (χ3v) is 5.74. The van der Waals surface area contributed by atoms with Crippen LogP contribution in [0.15, 0.2) is 17.5 Å². The normalized spacial score (nSPS) is 20.6. The van der Waals surface area contributed by atoms with E-state index >= 15 is 0 Å². The smallest absolute Gasteiger partial charge is 0.305 e. The molecule has 0 bridgehead atoms. The minimum Gasteiger partial charge on any atom is -0.481 e. The van der Waals surface area contributed by atoms with Crippen LogP contribution in [-0.2, 0) is 9.53 Å². The number of ether oxygens (including phenoxy) is 1. The third-order valence-electron chi connectivity index (χ3n) is 3.49. The third kappa shape index (κ3) is 3.72. The first-order valence-corrected chi connectivity index (χ1v) is 8.88. The van der Waals surface area contributed by atoms with Crippen LogP contribution in [0.25, 0.3) is 9.88 Å². The number of nitrogens with one attached hydrogen (secondary N) is 1. The highest BCUT2D eigenvalue weighted by atomic mass is 35.5. The number of aliphatic carboxylic acids is 1. The zero-order valence-electron chi connectivity index (χ0n) is 11.9. The van der Waals surface area contributed by atoms with Gasteiger partial charge in [0, 0.05) is 12.0 Å². The van der Waals surface area contributed by atoms with Gasteiger partial charge in [-0.2, -0.15) is 0 Å². The summed E-state index contributed by atoms with van der Waals surface area (Å²) in [5, 5.41) is 14.2. The van der Waals surface area contributed by atoms with Gasteiger partial charge in [0.15, 0.2) is 0 Å². The van der Waals surface area contributed by atoms with Gasteiger partial charge in [0.25, 0.3) is 5.91 Å². The number of hydrogen-bond acceptors (Lipinski definition) is 6. The molecule has 1 saturated heterocycles. The van der Waals surface area contributed by atoms with Gasteiger partial charge in [-0.15, -0.1) is 22.7 Å². The lowest BCUT2D eigenvalue weighted by Crippen LogP contribution is -2.50. The molecule has 0 aliphatic carbocycles. The predicted molar refractivity (Wildman–Crippen MR) is 88.3 cm³/mol. The van der Waals surface area contributed by atoms with Crippen LogP contribution in [0.1, 0.15) is 23.3 Å². The molecule has 122 valence electrons. The molecule has 1 fully saturated rings. The first-order valence-electron chi connectivity index (χ1n) is 6.81. The van der Waals surface area contributed by atoms with Crippen LogP contribution in [0.3, 0.4) is 0 Å². The molecule has 3 heterocycles. The molecule has 1 aliphatic heterocycles. The number of carbonyl (C=O) groups is 2. The van der Waals surface area contributed by atoms with Crippen molar-refractivity contribution in [3.8, 4) is 9.88 Å². The summed E-state index contributed by atoms with van der Waals surface area (Å²) in [5.41, 5.74) is -0.593. The van der Waals surface area contributed by atoms with Crippen LogP contribution in [0, 0.1) is 0 Å². The van der Waals surface area contributed by atoms with Gasteiger partial charge in [-0.05, 0) is 18.6 Å². The van der Waals surface area contributed by atoms with Crippen molar-refractivity contribution in [2.45, 2.75) is 18.4 Å². The zero-order chi connectivity index (χ0) is 16.4. The fourth-order valence-corrected chi connectivity index (χ4v) is 4.32. The van der Waals surface area contributed by atoms with Crippen molar-refractivity contribution in [1.82, 2.24) is 10.3 Å². The Balaban J connectivity index is 1.75. The number of carboxylic acids is 1. The molecule has 1 atom stereocenters. The molecule has 0 saturated carbocycles. The van der Waals surface area contributed by atoms with Crippen LogP contribution in [0.4, 0.5) is 0 Å². The van der Waals surface area contributed by atoms with Gasteiger partial charge < -0.3 is 15.2 Å². The largest absolute Gasteiger partial charge is 0.481 e. The number of rotatable bonds is 5. The van der Waals surface area contributed by atoms with Gasteiger partial charge in [0.05, 0.1) is 27.8 Å². The number of halogens is 1. The predicted octanol–water partition coefficient (Wildman–Crippen LogP) is 2.89. The molecule has 1 amide bonds. The lowest BCUT2D eigenvalue weighted by Gasteiger charge is -2.26. The number of hydrogen-bond donors (Lipinski definition) is 2. The average Bonchev–Trinajstić information content (AvgIpc) is 3.18. The molecule has 1 unspecified atom stereocenters. The monoisotopic (exact) mass is 372 g/mol. The first kappa shape index (κ1) is 16.4. The van der Waals surface area contributed by atoms with Crippen molar-refractivity contribution in [3.05, 3.63) is 27.5 Å². The van der Waals surface area contributed by atoms with E-state index in [2.05, 4.69) is 10.3 Å². The Kier molecular flexibility index (Phi) is 4.67. The van der Waals surface area contributed by atoms with Gasteiger partial charge in [-0.25, -0.2) is 4.98 Å². The Morgan fingerprint density at radius 2 is 2.30 bits per heavy atom. The molecule has 2 N–H and O–H groups in total. The minimum absolute atomic E-state index is 0.170. The molecule has 23 heavy (non-hydrogen) atoms. The maximum absolute atomic E-state index is 12.4. The fraction of sp³-hybridized carbons (Fsp3) is 0.357.